The third-order valence-electron chi connectivity index (χ3n) is 5.68. The fourth-order valence-corrected chi connectivity index (χ4v) is 4.28. The number of nitrogens with one attached hydrogen (secondary N) is 1. The van der Waals surface area contributed by atoms with Crippen molar-refractivity contribution in [2.45, 2.75) is 30.7 Å². The highest BCUT2D eigenvalue weighted by Gasteiger charge is 2.49. The van der Waals surface area contributed by atoms with Crippen molar-refractivity contribution in [1.29, 1.82) is 0 Å². The highest BCUT2D eigenvalue weighted by atomic mass is 16.2. The Morgan fingerprint density at radius 2 is 2.08 bits per heavy atom. The molecule has 2 aromatic heterocycles. The number of carbonyl (C=O) groups is 2. The highest BCUT2D eigenvalue weighted by molar-refractivity contribution is 5.93. The molecule has 1 N–H and O–H groups in total. The molecule has 25 heavy (non-hydrogen) atoms. The normalized spacial score (nSPS) is 22.4. The highest BCUT2D eigenvalue weighted by Crippen LogP contribution is 2.43. The quantitative estimate of drug-likeness (QED) is 0.887. The van der Waals surface area contributed by atoms with Crippen LogP contribution >= 0.6 is 0 Å². The molecule has 0 bridgehead atoms. The minimum absolute atomic E-state index is 0.0598. The number of likely N-dealkylation sites (tertiary alicyclic amines) is 1. The molecule has 1 atom stereocenters. The lowest BCUT2D eigenvalue weighted by atomic mass is 9.75. The van der Waals surface area contributed by atoms with Crippen molar-refractivity contribution in [3.8, 4) is 0 Å². The number of piperidine rings is 1. The van der Waals surface area contributed by atoms with Gasteiger partial charge in [-0.25, -0.2) is 0 Å². The van der Waals surface area contributed by atoms with Crippen LogP contribution in [-0.4, -0.2) is 49.7 Å². The first kappa shape index (κ1) is 15.9. The summed E-state index contributed by atoms with van der Waals surface area (Å²) in [6.07, 6.45) is 7.77. The Labute approximate surface area is 146 Å². The maximum atomic E-state index is 12.7. The van der Waals surface area contributed by atoms with Crippen LogP contribution in [0.2, 0.25) is 0 Å². The minimum Gasteiger partial charge on any atom is -0.350 e. The Bertz CT molecular complexity index is 813. The van der Waals surface area contributed by atoms with Crippen LogP contribution in [0.15, 0.2) is 30.7 Å². The Morgan fingerprint density at radius 1 is 1.32 bits per heavy atom. The number of hydrogen-bond donors (Lipinski definition) is 1. The molecule has 7 nitrogen and oxygen atoms in total. The molecule has 7 heteroatoms. The third-order valence-corrected chi connectivity index (χ3v) is 5.68. The van der Waals surface area contributed by atoms with Gasteiger partial charge in [0.15, 0.2) is 0 Å². The van der Waals surface area contributed by atoms with Crippen molar-refractivity contribution in [2.75, 3.05) is 13.1 Å². The number of aryl methyl sites for hydroxylation is 2. The Hall–Kier alpha value is -2.57. The zero-order valence-electron chi connectivity index (χ0n) is 14.6. The molecule has 2 fully saturated rings. The molecular formula is C18H23N5O2. The van der Waals surface area contributed by atoms with Gasteiger partial charge in [-0.3, -0.25) is 14.3 Å². The molecule has 2 saturated heterocycles. The van der Waals surface area contributed by atoms with Gasteiger partial charge in [0.1, 0.15) is 5.69 Å². The average Bonchev–Trinajstić information content (AvgIpc) is 3.27. The summed E-state index contributed by atoms with van der Waals surface area (Å²) in [6.45, 7) is 1.31. The van der Waals surface area contributed by atoms with E-state index in [-0.39, 0.29) is 23.3 Å². The molecule has 0 radical (unpaired) electrons. The van der Waals surface area contributed by atoms with E-state index in [0.29, 0.717) is 25.2 Å². The fourth-order valence-electron chi connectivity index (χ4n) is 4.28. The number of carbonyl (C=O) groups excluding carboxylic acids is 2. The maximum Gasteiger partial charge on any atom is 0.270 e. The lowest BCUT2D eigenvalue weighted by Gasteiger charge is -2.42. The summed E-state index contributed by atoms with van der Waals surface area (Å²) >= 11 is 0. The van der Waals surface area contributed by atoms with E-state index in [0.717, 1.165) is 18.4 Å². The molecule has 0 aliphatic carbocycles. The van der Waals surface area contributed by atoms with Crippen LogP contribution < -0.4 is 5.32 Å². The molecule has 132 valence electrons. The van der Waals surface area contributed by atoms with Crippen molar-refractivity contribution in [3.63, 3.8) is 0 Å². The molecule has 4 rings (SSSR count). The summed E-state index contributed by atoms with van der Waals surface area (Å²) in [6, 6.07) is 3.73. The van der Waals surface area contributed by atoms with E-state index in [1.165, 1.54) is 0 Å². The van der Waals surface area contributed by atoms with Gasteiger partial charge in [0.25, 0.3) is 5.91 Å². The molecule has 2 aliphatic heterocycles. The van der Waals surface area contributed by atoms with Crippen LogP contribution in [0.4, 0.5) is 0 Å². The number of rotatable bonds is 2. The number of amides is 2. The van der Waals surface area contributed by atoms with Crippen molar-refractivity contribution >= 4 is 11.8 Å². The van der Waals surface area contributed by atoms with Crippen molar-refractivity contribution in [3.05, 3.63) is 42.0 Å². The first-order chi connectivity index (χ1) is 12.0. The summed E-state index contributed by atoms with van der Waals surface area (Å²) in [5, 5.41) is 7.47. The van der Waals surface area contributed by atoms with Gasteiger partial charge in [-0.05, 0) is 30.5 Å². The van der Waals surface area contributed by atoms with Gasteiger partial charge in [0.2, 0.25) is 5.91 Å². The summed E-state index contributed by atoms with van der Waals surface area (Å²) in [5.41, 5.74) is 1.55. The summed E-state index contributed by atoms with van der Waals surface area (Å²) < 4.78 is 3.63. The molecule has 2 aromatic rings. The van der Waals surface area contributed by atoms with Gasteiger partial charge in [-0.15, -0.1) is 0 Å². The second kappa shape index (κ2) is 5.75. The van der Waals surface area contributed by atoms with Crippen LogP contribution in [0.3, 0.4) is 0 Å². The van der Waals surface area contributed by atoms with Gasteiger partial charge in [0, 0.05) is 51.9 Å². The van der Waals surface area contributed by atoms with Crippen molar-refractivity contribution in [2.24, 2.45) is 14.1 Å². The van der Waals surface area contributed by atoms with Gasteiger partial charge in [0.05, 0.1) is 11.7 Å². The zero-order valence-corrected chi connectivity index (χ0v) is 14.6. The van der Waals surface area contributed by atoms with Gasteiger partial charge >= 0.3 is 0 Å². The first-order valence-electron chi connectivity index (χ1n) is 8.69. The molecule has 2 amide bonds. The Kier molecular flexibility index (Phi) is 3.67. The second-order valence-electron chi connectivity index (χ2n) is 7.20. The van der Waals surface area contributed by atoms with Crippen LogP contribution in [0.5, 0.6) is 0 Å². The van der Waals surface area contributed by atoms with E-state index >= 15 is 0 Å². The molecule has 0 saturated carbocycles. The average molecular weight is 341 g/mol. The third kappa shape index (κ3) is 2.63. The van der Waals surface area contributed by atoms with E-state index in [1.54, 1.807) is 4.68 Å². The summed E-state index contributed by atoms with van der Waals surface area (Å²) in [7, 11) is 3.77. The van der Waals surface area contributed by atoms with E-state index in [2.05, 4.69) is 10.4 Å². The van der Waals surface area contributed by atoms with E-state index in [1.807, 2.05) is 54.3 Å². The lowest BCUT2D eigenvalue weighted by Crippen LogP contribution is -2.54. The predicted molar refractivity (Wildman–Crippen MR) is 92.0 cm³/mol. The molecule has 0 aromatic carbocycles. The summed E-state index contributed by atoms with van der Waals surface area (Å²) in [5.74, 6) is 0.279. The Morgan fingerprint density at radius 3 is 2.68 bits per heavy atom. The van der Waals surface area contributed by atoms with Crippen molar-refractivity contribution < 1.29 is 9.59 Å². The largest absolute Gasteiger partial charge is 0.350 e. The minimum atomic E-state index is -0.259. The number of aromatic nitrogens is 3. The molecule has 1 unspecified atom stereocenters. The van der Waals surface area contributed by atoms with Crippen LogP contribution in [0.1, 0.15) is 41.2 Å². The van der Waals surface area contributed by atoms with Crippen LogP contribution in [-0.2, 0) is 18.9 Å². The van der Waals surface area contributed by atoms with Gasteiger partial charge in [-0.1, -0.05) is 0 Å². The molecule has 4 heterocycles. The van der Waals surface area contributed by atoms with E-state index < -0.39 is 0 Å². The molecule has 1 spiro atoms. The fraction of sp³-hybridized carbons (Fsp3) is 0.500. The predicted octanol–water partition coefficient (Wildman–Crippen LogP) is 1.04. The standard InChI is InChI=1S/C18H23N5O2/c1-21-7-3-4-15(21)17(25)23-8-5-18(6-9-23)14(10-16(24)20-18)13-11-19-22(2)12-13/h3-4,7,11-12,14H,5-6,8-10H2,1-2H3,(H,20,24). The second-order valence-corrected chi connectivity index (χ2v) is 7.20. The maximum absolute atomic E-state index is 12.7. The topological polar surface area (TPSA) is 72.2 Å². The van der Waals surface area contributed by atoms with Gasteiger partial charge in [-0.2, -0.15) is 5.10 Å². The van der Waals surface area contributed by atoms with Gasteiger partial charge < -0.3 is 14.8 Å². The van der Waals surface area contributed by atoms with E-state index in [9.17, 15) is 9.59 Å². The van der Waals surface area contributed by atoms with E-state index in [4.69, 9.17) is 0 Å². The lowest BCUT2D eigenvalue weighted by molar-refractivity contribution is -0.120. The Balaban J connectivity index is 1.52. The molecule has 2 aliphatic rings. The number of hydrogen-bond acceptors (Lipinski definition) is 3. The number of nitrogens with zero attached hydrogens (tertiary/aromatic N) is 4. The first-order valence-corrected chi connectivity index (χ1v) is 8.69. The molecular weight excluding hydrogens is 318 g/mol. The van der Waals surface area contributed by atoms with Crippen LogP contribution in [0, 0.1) is 0 Å². The zero-order chi connectivity index (χ0) is 17.6. The summed E-state index contributed by atoms with van der Waals surface area (Å²) in [4.78, 5) is 26.7. The smallest absolute Gasteiger partial charge is 0.270 e. The van der Waals surface area contributed by atoms with Crippen molar-refractivity contribution in [1.82, 2.24) is 24.6 Å². The monoisotopic (exact) mass is 341 g/mol. The van der Waals surface area contributed by atoms with Crippen LogP contribution in [0.25, 0.3) is 0 Å². The SMILES string of the molecule is Cn1cc(C2CC(=O)NC23CCN(C(=O)c2cccn2C)CC3)cn1.